The van der Waals surface area contributed by atoms with Crippen LogP contribution in [0.5, 0.6) is 5.75 Å². The summed E-state index contributed by atoms with van der Waals surface area (Å²) in [6.07, 6.45) is 16.3. The van der Waals surface area contributed by atoms with Gasteiger partial charge >= 0.3 is 0 Å². The van der Waals surface area contributed by atoms with Gasteiger partial charge in [0, 0.05) is 187 Å². The van der Waals surface area contributed by atoms with Crippen molar-refractivity contribution in [1.29, 1.82) is 0 Å². The maximum atomic E-state index is 14.1. The molecular weight excluding hydrogens is 1440 g/mol. The molecule has 0 bridgehead atoms. The maximum Gasteiger partial charge on any atom is 0.258 e. The fourth-order valence-corrected chi connectivity index (χ4v) is 14.9. The van der Waals surface area contributed by atoms with E-state index in [9.17, 15) is 28.8 Å². The molecular formula is C81H90FN22O7S+. The molecule has 578 valence electrons. The standard InChI is InChI=1S/C22H24N6O.C21H23N7O.C19H19FN4OS.C19H21N5O3.H2O/c1-16-13-27-14-17(4-6-20(27)23-16)19-12-22(29)28-15-18(5-7-21(28)24-19)26-9-3-8-25(2)10-11-26;1-14-12-28-19(15(2)22-14)10-18(24-28)17-11-21(29)27-13-16(4-5-20(27)23-17)26-8-6-25(3)7-9-26;1-26-17-4-2-13(10-15(17)20)16-11-19(25)24-12-14(3-5-18(24)22-16)23-8-6-21-7-9-23;1-27-17-4-2-13(10-16(17)22-26)15-11-19(25)24-12-14(3-5-18(24)21-15)23-8-6-20-7-9-23;/h4-7,12-15H,3,8-11H2,1-2H3;4-5,10-13H,6-9H2,1-3H3;2-5,10-12,21H,6-9H2,1H3;2-5,10-12,20,22,26H,6-9H2,1H3;1H2/p+1. The lowest BCUT2D eigenvalue weighted by atomic mass is 10.1. The summed E-state index contributed by atoms with van der Waals surface area (Å²) in [4.78, 5) is 92.9. The zero-order valence-corrected chi connectivity index (χ0v) is 64.4. The summed E-state index contributed by atoms with van der Waals surface area (Å²) in [5.41, 5.74) is 17.3. The third-order valence-corrected chi connectivity index (χ3v) is 21.3. The van der Waals surface area contributed by atoms with Gasteiger partial charge in [-0.25, -0.2) is 39.0 Å². The van der Waals surface area contributed by atoms with Crippen molar-refractivity contribution in [2.45, 2.75) is 32.1 Å². The van der Waals surface area contributed by atoms with E-state index in [1.807, 2.05) is 142 Å². The number of hydrogen-bond donors (Lipinski definition) is 4. The molecule has 14 aromatic rings. The molecule has 31 heteroatoms. The van der Waals surface area contributed by atoms with Gasteiger partial charge < -0.3 is 54.6 Å². The molecule has 16 heterocycles. The number of imidazole rings is 1. The van der Waals surface area contributed by atoms with Gasteiger partial charge in [0.05, 0.1) is 81.4 Å². The second-order valence-electron chi connectivity index (χ2n) is 28.1. The maximum absolute atomic E-state index is 14.1. The number of ether oxygens (including phenoxy) is 1. The summed E-state index contributed by atoms with van der Waals surface area (Å²) >= 11 is 1.35. The van der Waals surface area contributed by atoms with Crippen LogP contribution in [0.3, 0.4) is 0 Å². The number of likely N-dealkylation sites (N-methyl/N-ethyl adjacent to an activating group) is 2. The van der Waals surface area contributed by atoms with Gasteiger partial charge in [-0.1, -0.05) is 6.07 Å². The number of pyridine rings is 5. The van der Waals surface area contributed by atoms with Crippen molar-refractivity contribution in [3.05, 3.63) is 235 Å². The molecule has 0 saturated carbocycles. The van der Waals surface area contributed by atoms with E-state index in [0.717, 1.165) is 179 Å². The fourth-order valence-electron chi connectivity index (χ4n) is 14.4. The number of nitrogens with two attached hydrogens (primary N) is 1. The van der Waals surface area contributed by atoms with Crippen LogP contribution in [0.25, 0.3) is 78.9 Å². The van der Waals surface area contributed by atoms with E-state index in [1.54, 1.807) is 65.6 Å². The number of anilines is 4. The van der Waals surface area contributed by atoms with E-state index >= 15 is 0 Å². The van der Waals surface area contributed by atoms with Crippen molar-refractivity contribution in [2.24, 2.45) is 0 Å². The number of rotatable bonds is 11. The molecule has 7 N–H and O–H groups in total. The molecule has 2 aromatic carbocycles. The third kappa shape index (κ3) is 16.9. The van der Waals surface area contributed by atoms with Crippen LogP contribution in [0, 0.1) is 26.6 Å². The highest BCUT2D eigenvalue weighted by molar-refractivity contribution is 7.98. The molecule has 112 heavy (non-hydrogen) atoms. The molecule has 12 aromatic heterocycles. The highest BCUT2D eigenvalue weighted by Crippen LogP contribution is 2.30. The first-order chi connectivity index (χ1) is 53.9. The number of aromatic nitrogens is 13. The Hall–Kier alpha value is -11.8. The Morgan fingerprint density at radius 2 is 0.884 bits per heavy atom. The number of aryl methyl sites for hydroxylation is 3. The predicted octanol–water partition coefficient (Wildman–Crippen LogP) is 6.40. The van der Waals surface area contributed by atoms with Crippen LogP contribution < -0.4 is 62.7 Å². The second-order valence-corrected chi connectivity index (χ2v) is 29.0. The number of nitrogens with one attached hydrogen (secondary N) is 2. The molecule has 4 aliphatic heterocycles. The van der Waals surface area contributed by atoms with Gasteiger partial charge in [0.15, 0.2) is 5.75 Å². The molecule has 0 aliphatic carbocycles. The molecule has 4 aliphatic rings. The molecule has 0 radical (unpaired) electrons. The van der Waals surface area contributed by atoms with E-state index in [0.29, 0.717) is 73.0 Å². The smallest absolute Gasteiger partial charge is 0.258 e. The van der Waals surface area contributed by atoms with E-state index in [1.165, 1.54) is 30.0 Å². The first-order valence-electron chi connectivity index (χ1n) is 37.1. The van der Waals surface area contributed by atoms with E-state index in [-0.39, 0.29) is 33.5 Å². The molecule has 0 amide bonds. The first-order valence-corrected chi connectivity index (χ1v) is 38.3. The number of thioether (sulfide) groups is 1. The number of piperazine rings is 3. The average molecular weight is 1530 g/mol. The van der Waals surface area contributed by atoms with Gasteiger partial charge in [-0.3, -0.25) is 41.8 Å². The molecule has 18 rings (SSSR count). The van der Waals surface area contributed by atoms with Crippen LogP contribution in [0.4, 0.5) is 32.8 Å². The van der Waals surface area contributed by atoms with Gasteiger partial charge in [0.1, 0.15) is 39.7 Å². The molecule has 0 unspecified atom stereocenters. The number of nitrogens with zero attached hydrogens (tertiary/aromatic N) is 19. The lowest BCUT2D eigenvalue weighted by molar-refractivity contribution is -0.825. The summed E-state index contributed by atoms with van der Waals surface area (Å²) in [5, 5.41) is 20.6. The van der Waals surface area contributed by atoms with E-state index < -0.39 is 0 Å². The van der Waals surface area contributed by atoms with Gasteiger partial charge in [-0.15, -0.1) is 11.8 Å². The Kier molecular flexibility index (Phi) is 23.2. The van der Waals surface area contributed by atoms with E-state index in [2.05, 4.69) is 85.2 Å². The van der Waals surface area contributed by atoms with Crippen LogP contribution in [-0.4, -0.2) is 214 Å². The van der Waals surface area contributed by atoms with Crippen molar-refractivity contribution in [1.82, 2.24) is 82.0 Å². The zero-order chi connectivity index (χ0) is 77.0. The SMILES string of the molecule is COc1ccc(-c2cc(=O)n3cc(N4CCNCC4)ccc3n2)cc1[NH2+]O.CSc1ccc(-c2cc(=O)n3cc(N4CCNCC4)ccc3n2)cc1F.Cc1cn2cc(-c3cc(=O)n4cc(N5CCCN(C)CC5)ccc4n3)ccc2n1.Cc1cn2nc(-c3cc(=O)n4cc(N5CCN(C)CC5)ccc4n3)cc2c(C)n1.O. The van der Waals surface area contributed by atoms with Crippen molar-refractivity contribution < 1.29 is 25.3 Å². The summed E-state index contributed by atoms with van der Waals surface area (Å²) in [7, 11) is 5.83. The fraction of sp³-hybridized carbons (Fsp3) is 0.296. The minimum atomic E-state index is -0.300. The van der Waals surface area contributed by atoms with Gasteiger partial charge in [-0.05, 0) is 145 Å². The number of benzene rings is 2. The van der Waals surface area contributed by atoms with Crippen molar-refractivity contribution in [3.63, 3.8) is 0 Å². The van der Waals surface area contributed by atoms with Crippen molar-refractivity contribution in [3.8, 4) is 50.9 Å². The number of methoxy groups -OCH3 is 1. The molecule has 0 atom stereocenters. The number of hydrogen-bond acceptors (Lipinski definition) is 22. The van der Waals surface area contributed by atoms with Crippen molar-refractivity contribution >= 4 is 74.0 Å². The average Bonchev–Trinajstić information content (AvgIpc) is 1.31. The molecule has 4 saturated heterocycles. The summed E-state index contributed by atoms with van der Waals surface area (Å²) < 4.78 is 29.4. The normalized spacial score (nSPS) is 15.0. The Morgan fingerprint density at radius 1 is 0.446 bits per heavy atom. The Bertz CT molecular complexity index is 6050. The predicted molar refractivity (Wildman–Crippen MR) is 437 cm³/mol. The van der Waals surface area contributed by atoms with Crippen LogP contribution >= 0.6 is 11.8 Å². The number of halogens is 1. The topological polar surface area (TPSA) is 306 Å². The summed E-state index contributed by atoms with van der Waals surface area (Å²) in [6.45, 7) is 21.3. The van der Waals surface area contributed by atoms with Crippen molar-refractivity contribution in [2.75, 3.05) is 152 Å². The van der Waals surface area contributed by atoms with Crippen LogP contribution in [0.1, 0.15) is 23.5 Å². The first kappa shape index (κ1) is 76.9. The Balaban J connectivity index is 0.000000124. The summed E-state index contributed by atoms with van der Waals surface area (Å²) in [5.74, 6) is 0.255. The lowest BCUT2D eigenvalue weighted by Crippen LogP contribution is -2.73. The van der Waals surface area contributed by atoms with Crippen LogP contribution in [-0.2, 0) is 0 Å². The van der Waals surface area contributed by atoms with Crippen LogP contribution in [0.15, 0.2) is 195 Å². The molecule has 4 fully saturated rings. The zero-order valence-electron chi connectivity index (χ0n) is 63.5. The second kappa shape index (κ2) is 33.8. The molecule has 0 spiro atoms. The summed E-state index contributed by atoms with van der Waals surface area (Å²) in [6, 6.07) is 37.9. The monoisotopic (exact) mass is 1530 g/mol. The van der Waals surface area contributed by atoms with Crippen LogP contribution in [0.2, 0.25) is 0 Å². The highest BCUT2D eigenvalue weighted by Gasteiger charge is 2.21. The third-order valence-electron chi connectivity index (χ3n) is 20.5. The number of quaternary nitrogens is 1. The lowest BCUT2D eigenvalue weighted by Gasteiger charge is -2.34. The van der Waals surface area contributed by atoms with Gasteiger partial charge in [0.25, 0.3) is 22.2 Å². The van der Waals surface area contributed by atoms with E-state index in [4.69, 9.17) is 14.7 Å². The van der Waals surface area contributed by atoms with Gasteiger partial charge in [0.2, 0.25) is 5.69 Å². The minimum absolute atomic E-state index is 0. The Labute approximate surface area is 647 Å². The quantitative estimate of drug-likeness (QED) is 0.0618. The minimum Gasteiger partial charge on any atom is -0.491 e. The largest absolute Gasteiger partial charge is 0.491 e. The highest BCUT2D eigenvalue weighted by atomic mass is 32.2. The van der Waals surface area contributed by atoms with Gasteiger partial charge in [-0.2, -0.15) is 10.6 Å². The Morgan fingerprint density at radius 3 is 1.38 bits per heavy atom. The molecule has 29 nitrogen and oxygen atoms in total. The number of fused-ring (bicyclic) bond motifs is 6.